The van der Waals surface area contributed by atoms with Gasteiger partial charge in [0.2, 0.25) is 0 Å². The van der Waals surface area contributed by atoms with E-state index in [1.807, 2.05) is 48.3 Å². The van der Waals surface area contributed by atoms with Gasteiger partial charge in [-0.05, 0) is 12.8 Å². The predicted molar refractivity (Wildman–Crippen MR) is 102 cm³/mol. The molecule has 0 bridgehead atoms. The van der Waals surface area contributed by atoms with Crippen LogP contribution in [0.5, 0.6) is 0 Å². The fourth-order valence-electron chi connectivity index (χ4n) is 2.94. The Balaban J connectivity index is 1.94. The van der Waals surface area contributed by atoms with Crippen molar-refractivity contribution in [2.45, 2.75) is 25.8 Å². The molecule has 25 heavy (non-hydrogen) atoms. The van der Waals surface area contributed by atoms with Crippen molar-refractivity contribution in [2.24, 2.45) is 0 Å². The molecule has 1 atom stereocenters. The third kappa shape index (κ3) is 4.28. The van der Waals surface area contributed by atoms with Crippen LogP contribution in [0.25, 0.3) is 11.4 Å². The maximum Gasteiger partial charge on any atom is 0.163 e. The van der Waals surface area contributed by atoms with E-state index in [-0.39, 0.29) is 17.5 Å². The Morgan fingerprint density at radius 3 is 2.64 bits per heavy atom. The molecule has 0 spiro atoms. The third-order valence-electron chi connectivity index (χ3n) is 4.42. The van der Waals surface area contributed by atoms with Gasteiger partial charge < -0.3 is 10.2 Å². The normalized spacial score (nSPS) is 18.9. The highest BCUT2D eigenvalue weighted by Gasteiger charge is 2.31. The summed E-state index contributed by atoms with van der Waals surface area (Å²) >= 11 is 0. The standard InChI is InChI=1S/C18H24N4O2S/c1-3-10-19-16-12-17(22(2)15-9-11-25(23,24)13-15)21-18(20-16)14-7-5-4-6-8-14/h4-8,12,15H,3,9-11,13H2,1-2H3,(H,19,20,21). The van der Waals surface area contributed by atoms with Crippen molar-refractivity contribution in [1.82, 2.24) is 9.97 Å². The first-order valence-electron chi connectivity index (χ1n) is 8.60. The molecule has 6 nitrogen and oxygen atoms in total. The quantitative estimate of drug-likeness (QED) is 0.853. The summed E-state index contributed by atoms with van der Waals surface area (Å²) in [5.41, 5.74) is 0.941. The number of nitrogens with zero attached hydrogens (tertiary/aromatic N) is 3. The summed E-state index contributed by atoms with van der Waals surface area (Å²) in [4.78, 5) is 11.3. The van der Waals surface area contributed by atoms with E-state index >= 15 is 0 Å². The zero-order valence-electron chi connectivity index (χ0n) is 14.6. The lowest BCUT2D eigenvalue weighted by Gasteiger charge is -2.25. The smallest absolute Gasteiger partial charge is 0.163 e. The minimum Gasteiger partial charge on any atom is -0.370 e. The van der Waals surface area contributed by atoms with Crippen molar-refractivity contribution in [3.8, 4) is 11.4 Å². The van der Waals surface area contributed by atoms with Crippen molar-refractivity contribution in [1.29, 1.82) is 0 Å². The van der Waals surface area contributed by atoms with Gasteiger partial charge in [-0.2, -0.15) is 0 Å². The van der Waals surface area contributed by atoms with Gasteiger partial charge in [0.05, 0.1) is 11.5 Å². The van der Waals surface area contributed by atoms with Crippen molar-refractivity contribution in [3.05, 3.63) is 36.4 Å². The van der Waals surface area contributed by atoms with Crippen LogP contribution in [0.2, 0.25) is 0 Å². The molecule has 0 radical (unpaired) electrons. The first-order chi connectivity index (χ1) is 12.0. The molecule has 1 N–H and O–H groups in total. The molecule has 3 rings (SSSR count). The lowest BCUT2D eigenvalue weighted by Crippen LogP contribution is -2.33. The number of hydrogen-bond acceptors (Lipinski definition) is 6. The molecular formula is C18H24N4O2S. The van der Waals surface area contributed by atoms with Crippen LogP contribution in [-0.2, 0) is 9.84 Å². The fraction of sp³-hybridized carbons (Fsp3) is 0.444. The molecule has 1 aliphatic heterocycles. The van der Waals surface area contributed by atoms with Crippen molar-refractivity contribution < 1.29 is 8.42 Å². The minimum absolute atomic E-state index is 0.0393. The van der Waals surface area contributed by atoms with Gasteiger partial charge in [0.25, 0.3) is 0 Å². The van der Waals surface area contributed by atoms with E-state index in [0.717, 1.165) is 30.2 Å². The number of aromatic nitrogens is 2. The van der Waals surface area contributed by atoms with Gasteiger partial charge in [-0.15, -0.1) is 0 Å². The zero-order chi connectivity index (χ0) is 17.9. The monoisotopic (exact) mass is 360 g/mol. The Labute approximate surface area is 149 Å². The van der Waals surface area contributed by atoms with Gasteiger partial charge in [-0.3, -0.25) is 0 Å². The van der Waals surface area contributed by atoms with Gasteiger partial charge >= 0.3 is 0 Å². The van der Waals surface area contributed by atoms with E-state index in [2.05, 4.69) is 22.2 Å². The maximum absolute atomic E-state index is 11.8. The maximum atomic E-state index is 11.8. The molecule has 1 aromatic heterocycles. The Hall–Kier alpha value is -2.15. The van der Waals surface area contributed by atoms with Crippen LogP contribution in [0.15, 0.2) is 36.4 Å². The first-order valence-corrected chi connectivity index (χ1v) is 10.4. The highest BCUT2D eigenvalue weighted by molar-refractivity contribution is 7.91. The summed E-state index contributed by atoms with van der Waals surface area (Å²) in [6.45, 7) is 2.93. The molecule has 2 aromatic rings. The van der Waals surface area contributed by atoms with Crippen LogP contribution >= 0.6 is 0 Å². The molecule has 2 heterocycles. The van der Waals surface area contributed by atoms with Crippen molar-refractivity contribution in [3.63, 3.8) is 0 Å². The minimum atomic E-state index is -2.94. The molecular weight excluding hydrogens is 336 g/mol. The second kappa shape index (κ2) is 7.39. The van der Waals surface area contributed by atoms with Gasteiger partial charge in [-0.25, -0.2) is 18.4 Å². The number of anilines is 2. The van der Waals surface area contributed by atoms with Crippen LogP contribution < -0.4 is 10.2 Å². The summed E-state index contributed by atoms with van der Waals surface area (Å²) in [6.07, 6.45) is 1.64. The topological polar surface area (TPSA) is 75.2 Å². The summed E-state index contributed by atoms with van der Waals surface area (Å²) < 4.78 is 23.6. The number of nitrogens with one attached hydrogen (secondary N) is 1. The van der Waals surface area contributed by atoms with Crippen molar-refractivity contribution in [2.75, 3.05) is 35.3 Å². The molecule has 1 fully saturated rings. The molecule has 1 unspecified atom stereocenters. The molecule has 1 saturated heterocycles. The van der Waals surface area contributed by atoms with Crippen LogP contribution in [-0.4, -0.2) is 49.5 Å². The fourth-order valence-corrected chi connectivity index (χ4v) is 4.72. The van der Waals surface area contributed by atoms with Crippen LogP contribution in [0, 0.1) is 0 Å². The molecule has 0 aliphatic carbocycles. The lowest BCUT2D eigenvalue weighted by atomic mass is 10.2. The Bertz CT molecular complexity index is 824. The third-order valence-corrected chi connectivity index (χ3v) is 6.17. The highest BCUT2D eigenvalue weighted by atomic mass is 32.2. The molecule has 7 heteroatoms. The SMILES string of the molecule is CCCNc1cc(N(C)C2CCS(=O)(=O)C2)nc(-c2ccccc2)n1. The second-order valence-electron chi connectivity index (χ2n) is 6.40. The number of sulfone groups is 1. The second-order valence-corrected chi connectivity index (χ2v) is 8.62. The average Bonchev–Trinajstić information content (AvgIpc) is 2.99. The number of rotatable bonds is 6. The average molecular weight is 360 g/mol. The Morgan fingerprint density at radius 2 is 2.00 bits per heavy atom. The summed E-state index contributed by atoms with van der Waals surface area (Å²) in [5.74, 6) is 2.59. The van der Waals surface area contributed by atoms with E-state index in [1.54, 1.807) is 0 Å². The number of benzene rings is 1. The van der Waals surface area contributed by atoms with Crippen LogP contribution in [0.1, 0.15) is 19.8 Å². The van der Waals surface area contributed by atoms with Gasteiger partial charge in [-0.1, -0.05) is 37.3 Å². The zero-order valence-corrected chi connectivity index (χ0v) is 15.5. The summed E-state index contributed by atoms with van der Waals surface area (Å²) in [5, 5.41) is 3.31. The van der Waals surface area contributed by atoms with Crippen LogP contribution in [0.4, 0.5) is 11.6 Å². The van der Waals surface area contributed by atoms with E-state index in [9.17, 15) is 8.42 Å². The molecule has 1 aliphatic rings. The van der Waals surface area contributed by atoms with Gasteiger partial charge in [0.15, 0.2) is 15.7 Å². The lowest BCUT2D eigenvalue weighted by molar-refractivity contribution is 0.600. The van der Waals surface area contributed by atoms with E-state index in [4.69, 9.17) is 0 Å². The molecule has 0 saturated carbocycles. The van der Waals surface area contributed by atoms with Crippen molar-refractivity contribution >= 4 is 21.5 Å². The predicted octanol–water partition coefficient (Wildman–Crippen LogP) is 2.59. The Kier molecular flexibility index (Phi) is 5.22. The van der Waals surface area contributed by atoms with E-state index in [0.29, 0.717) is 12.2 Å². The highest BCUT2D eigenvalue weighted by Crippen LogP contribution is 2.26. The van der Waals surface area contributed by atoms with Crippen LogP contribution in [0.3, 0.4) is 0 Å². The number of hydrogen-bond donors (Lipinski definition) is 1. The summed E-state index contributed by atoms with van der Waals surface area (Å²) in [6, 6.07) is 11.7. The summed E-state index contributed by atoms with van der Waals surface area (Å²) in [7, 11) is -1.03. The molecule has 0 amide bonds. The first kappa shape index (κ1) is 17.7. The largest absolute Gasteiger partial charge is 0.370 e. The Morgan fingerprint density at radius 1 is 1.24 bits per heavy atom. The van der Waals surface area contributed by atoms with E-state index in [1.165, 1.54) is 0 Å². The molecule has 1 aromatic carbocycles. The van der Waals surface area contributed by atoms with Gasteiger partial charge in [0, 0.05) is 31.3 Å². The van der Waals surface area contributed by atoms with E-state index < -0.39 is 9.84 Å². The molecule has 134 valence electrons. The van der Waals surface area contributed by atoms with Gasteiger partial charge in [0.1, 0.15) is 11.6 Å².